The summed E-state index contributed by atoms with van der Waals surface area (Å²) in [6, 6.07) is 2.33. The largest absolute Gasteiger partial charge is 0.507 e. The van der Waals surface area contributed by atoms with Gasteiger partial charge in [0.1, 0.15) is 29.8 Å². The third-order valence-electron chi connectivity index (χ3n) is 11.6. The Morgan fingerprint density at radius 1 is 0.926 bits per heavy atom. The maximum absolute atomic E-state index is 14.8. The number of fused-ring (bicyclic) bond motifs is 5. The van der Waals surface area contributed by atoms with Gasteiger partial charge in [-0.1, -0.05) is 6.07 Å². The highest BCUT2D eigenvalue weighted by molar-refractivity contribution is 6.31. The molecule has 0 bridgehead atoms. The molecule has 0 radical (unpaired) electrons. The zero-order valence-corrected chi connectivity index (χ0v) is 30.3. The van der Waals surface area contributed by atoms with Gasteiger partial charge in [0.25, 0.3) is 5.91 Å². The molecule has 6 N–H and O–H groups in total. The molecule has 1 amide bonds. The predicted molar refractivity (Wildman–Crippen MR) is 185 cm³/mol. The Bertz CT molecular complexity index is 2040. The lowest BCUT2D eigenvalue weighted by molar-refractivity contribution is -0.236. The Morgan fingerprint density at radius 2 is 1.59 bits per heavy atom. The van der Waals surface area contributed by atoms with Crippen molar-refractivity contribution in [2.75, 3.05) is 34.4 Å². The number of amides is 1. The number of aromatic hydroxyl groups is 2. The second kappa shape index (κ2) is 13.3. The van der Waals surface area contributed by atoms with Gasteiger partial charge < -0.3 is 54.7 Å². The van der Waals surface area contributed by atoms with Crippen molar-refractivity contribution in [3.63, 3.8) is 0 Å². The van der Waals surface area contributed by atoms with Crippen LogP contribution in [0, 0.1) is 6.92 Å². The van der Waals surface area contributed by atoms with Crippen LogP contribution in [0.5, 0.6) is 11.5 Å². The summed E-state index contributed by atoms with van der Waals surface area (Å²) in [6.07, 6.45) is -4.05. The molecule has 16 heteroatoms. The number of piperidine rings is 1. The van der Waals surface area contributed by atoms with Crippen molar-refractivity contribution < 1.29 is 68.5 Å². The van der Waals surface area contributed by atoms with Gasteiger partial charge in [0.05, 0.1) is 34.6 Å². The van der Waals surface area contributed by atoms with Gasteiger partial charge in [-0.2, -0.15) is 0 Å². The number of Topliss-reactive ketones (excluding diaryl/α,β-unsaturated/α-hetero) is 3. The first-order valence-electron chi connectivity index (χ1n) is 17.7. The lowest BCUT2D eigenvalue weighted by Gasteiger charge is -2.53. The van der Waals surface area contributed by atoms with Crippen LogP contribution in [-0.2, 0) is 31.0 Å². The first-order valence-corrected chi connectivity index (χ1v) is 17.7. The highest BCUT2D eigenvalue weighted by atomic mass is 16.6. The van der Waals surface area contributed by atoms with Crippen molar-refractivity contribution in [2.24, 2.45) is 0 Å². The molecule has 2 saturated heterocycles. The number of hydrogen-bond acceptors (Lipinski definition) is 15. The van der Waals surface area contributed by atoms with E-state index in [1.807, 2.05) is 0 Å². The molecule has 54 heavy (non-hydrogen) atoms. The topological polar surface area (TPSA) is 239 Å². The highest BCUT2D eigenvalue weighted by Crippen LogP contribution is 2.56. The van der Waals surface area contributed by atoms with E-state index in [0.717, 1.165) is 38.5 Å². The minimum Gasteiger partial charge on any atom is -0.507 e. The van der Waals surface area contributed by atoms with Gasteiger partial charge >= 0.3 is 0 Å². The molecule has 16 nitrogen and oxygen atoms in total. The fraction of sp³-hybridized carbons (Fsp3) is 0.500. The van der Waals surface area contributed by atoms with Gasteiger partial charge in [-0.3, -0.25) is 24.0 Å². The Kier molecular flexibility index (Phi) is 9.32. The Balaban J connectivity index is 1.36. The zero-order chi connectivity index (χ0) is 39.2. The van der Waals surface area contributed by atoms with Crippen LogP contribution in [0.2, 0.25) is 0 Å². The molecule has 288 valence electrons. The molecular weight excluding hydrogens is 708 g/mol. The van der Waals surface area contributed by atoms with Crippen molar-refractivity contribution in [3.05, 3.63) is 68.4 Å². The number of carbonyl (C=O) groups is 5. The van der Waals surface area contributed by atoms with E-state index in [0.29, 0.717) is 18.7 Å². The fourth-order valence-corrected chi connectivity index (χ4v) is 9.01. The number of phenols is 2. The third kappa shape index (κ3) is 4.98. The number of likely N-dealkylation sites (tertiary alicyclic amines) is 1. The van der Waals surface area contributed by atoms with E-state index >= 15 is 0 Å². The summed E-state index contributed by atoms with van der Waals surface area (Å²) in [6.45, 7) is 4.02. The van der Waals surface area contributed by atoms with Crippen LogP contribution >= 0.6 is 0 Å². The molecule has 3 aliphatic carbocycles. The summed E-state index contributed by atoms with van der Waals surface area (Å²) in [5.41, 5.74) is -9.43. The molecular formula is C38H42N2O14. The number of nitrogens with one attached hydrogen (secondary N) is 1. The Morgan fingerprint density at radius 3 is 2.22 bits per heavy atom. The molecule has 1 unspecified atom stereocenters. The molecule has 5 aliphatic rings. The van der Waals surface area contributed by atoms with E-state index in [9.17, 15) is 49.5 Å². The number of carbonyl (C=O) groups excluding carboxylic acids is 5. The van der Waals surface area contributed by atoms with Gasteiger partial charge in [0, 0.05) is 63.6 Å². The normalized spacial score (nSPS) is 32.0. The number of ketones is 4. The van der Waals surface area contributed by atoms with Gasteiger partial charge in [0.15, 0.2) is 23.2 Å². The summed E-state index contributed by atoms with van der Waals surface area (Å²) >= 11 is 0. The summed E-state index contributed by atoms with van der Waals surface area (Å²) in [5.74, 6) is -6.92. The van der Waals surface area contributed by atoms with Crippen LogP contribution in [0.4, 0.5) is 0 Å². The summed E-state index contributed by atoms with van der Waals surface area (Å²) in [7, 11) is 3.64. The van der Waals surface area contributed by atoms with Crippen molar-refractivity contribution in [3.8, 4) is 11.5 Å². The van der Waals surface area contributed by atoms with Crippen molar-refractivity contribution in [2.45, 2.75) is 87.5 Å². The minimum absolute atomic E-state index is 0.0580. The number of allylic oxidation sites excluding steroid dienone is 2. The molecule has 7 rings (SSSR count). The molecule has 0 aromatic heterocycles. The van der Waals surface area contributed by atoms with Crippen LogP contribution in [0.15, 0.2) is 23.9 Å². The number of hydrogen-bond donors (Lipinski definition) is 6. The van der Waals surface area contributed by atoms with E-state index in [-0.39, 0.29) is 16.8 Å². The van der Waals surface area contributed by atoms with Crippen LogP contribution in [-0.4, -0.2) is 136 Å². The zero-order valence-electron chi connectivity index (χ0n) is 30.3. The number of methoxy groups -OCH3 is 3. The van der Waals surface area contributed by atoms with Gasteiger partial charge in [-0.15, -0.1) is 0 Å². The molecule has 0 spiro atoms. The number of aliphatic hydroxyl groups excluding tert-OH is 2. The molecule has 2 aromatic rings. The lowest BCUT2D eigenvalue weighted by atomic mass is 9.56. The SMILES string of the molecule is CO[C@@H]1[C@@H](O)[C@@H](OC)C(NC2=CC(=O)c3c(cc4c(c3O)C(=O)[C@]3(OC)[C@H](O)Cc5cc(C)c(C(=O)N6CCCCC6)c(O)c5[C@]3(O)C4=O)C2=O)O[C@H]1C. The maximum atomic E-state index is 14.8. The Labute approximate surface area is 309 Å². The Hall–Kier alpha value is -4.55. The molecule has 2 aromatic carbocycles. The first kappa shape index (κ1) is 37.8. The number of ether oxygens (including phenoxy) is 4. The predicted octanol–water partition coefficient (Wildman–Crippen LogP) is 0.590. The molecule has 2 fully saturated rings. The number of rotatable bonds is 6. The molecule has 2 aliphatic heterocycles. The van der Waals surface area contributed by atoms with Crippen LogP contribution in [0.3, 0.4) is 0 Å². The minimum atomic E-state index is -3.20. The van der Waals surface area contributed by atoms with E-state index in [4.69, 9.17) is 18.9 Å². The first-order chi connectivity index (χ1) is 25.6. The van der Waals surface area contributed by atoms with Crippen molar-refractivity contribution in [1.29, 1.82) is 0 Å². The van der Waals surface area contributed by atoms with E-state index in [1.54, 1.807) is 18.7 Å². The highest BCUT2D eigenvalue weighted by Gasteiger charge is 2.72. The summed E-state index contributed by atoms with van der Waals surface area (Å²) in [5, 5.41) is 61.4. The standard InChI is InChI=1S/C38H42N2O14/c1-15-11-17-12-22(42)38(53-5)34(48)25-19(33(47)37(38,50)26(17)29(45)23(15)36(49)40-9-7-6-8-10-40)13-18-24(28(25)44)21(41)14-20(27(18)43)39-35-32(52-4)30(46)31(51-3)16(2)54-35/h11,13-14,16,22,30-32,35,39,42,44-46,50H,6-10,12H2,1-5H3/t16-,22+,30+,31-,32+,35?,37-,38+/m0/s1. The molecule has 8 atom stereocenters. The average Bonchev–Trinajstić information content (AvgIpc) is 3.13. The average molecular weight is 751 g/mol. The second-order valence-corrected chi connectivity index (χ2v) is 14.5. The molecule has 0 saturated carbocycles. The second-order valence-electron chi connectivity index (χ2n) is 14.5. The van der Waals surface area contributed by atoms with Crippen molar-refractivity contribution >= 4 is 29.0 Å². The number of aliphatic hydroxyl groups is 3. The number of benzene rings is 2. The van der Waals surface area contributed by atoms with Crippen LogP contribution in [0.25, 0.3) is 0 Å². The number of nitrogens with zero attached hydrogens (tertiary/aromatic N) is 1. The maximum Gasteiger partial charge on any atom is 0.257 e. The smallest absolute Gasteiger partial charge is 0.257 e. The van der Waals surface area contributed by atoms with Crippen LogP contribution in [0.1, 0.15) is 94.7 Å². The van der Waals surface area contributed by atoms with Gasteiger partial charge in [-0.05, 0) is 50.3 Å². The summed E-state index contributed by atoms with van der Waals surface area (Å²) < 4.78 is 22.2. The fourth-order valence-electron chi connectivity index (χ4n) is 9.01. The van der Waals surface area contributed by atoms with E-state index < -0.39 is 123 Å². The van der Waals surface area contributed by atoms with E-state index in [2.05, 4.69) is 5.32 Å². The summed E-state index contributed by atoms with van der Waals surface area (Å²) in [4.78, 5) is 72.5. The van der Waals surface area contributed by atoms with Gasteiger partial charge in [0.2, 0.25) is 17.3 Å². The number of aryl methyl sites for hydroxylation is 1. The number of phenolic OH excluding ortho intramolecular Hbond substituents is 2. The van der Waals surface area contributed by atoms with E-state index in [1.165, 1.54) is 20.3 Å². The van der Waals surface area contributed by atoms with Crippen molar-refractivity contribution in [1.82, 2.24) is 10.2 Å². The molecule has 2 heterocycles. The third-order valence-corrected chi connectivity index (χ3v) is 11.6. The van der Waals surface area contributed by atoms with Crippen LogP contribution < -0.4 is 5.32 Å². The monoisotopic (exact) mass is 750 g/mol. The van der Waals surface area contributed by atoms with Gasteiger partial charge in [-0.25, -0.2) is 0 Å². The quantitative estimate of drug-likeness (QED) is 0.237. The lowest BCUT2D eigenvalue weighted by Crippen LogP contribution is -2.73.